The first-order chi connectivity index (χ1) is 8.16. The molecule has 0 bridgehead atoms. The fourth-order valence-corrected chi connectivity index (χ4v) is 1.49. The van der Waals surface area contributed by atoms with Crippen molar-refractivity contribution in [2.75, 3.05) is 0 Å². The normalized spacial score (nSPS) is 10.3. The highest BCUT2D eigenvalue weighted by atomic mass is 35.5. The number of ketones is 1. The lowest BCUT2D eigenvalue weighted by Gasteiger charge is -2.00. The Morgan fingerprint density at radius 3 is 2.83 bits per heavy atom. The van der Waals surface area contributed by atoms with Gasteiger partial charge in [0.2, 0.25) is 0 Å². The maximum Gasteiger partial charge on any atom is 0.189 e. The number of hydrogen-bond donors (Lipinski definition) is 2. The molecule has 0 unspecified atom stereocenters. The monoisotopic (exact) mass is 284 g/mol. The molecule has 0 aliphatic rings. The lowest BCUT2D eigenvalue weighted by Crippen LogP contribution is -1.94. The van der Waals surface area contributed by atoms with Crippen LogP contribution in [0.15, 0.2) is 36.7 Å². The summed E-state index contributed by atoms with van der Waals surface area (Å²) >= 11 is 5.68. The largest absolute Gasteiger partial charge is 0.507 e. The predicted octanol–water partition coefficient (Wildman–Crippen LogP) is 3.09. The number of H-pyrrole nitrogens is 1. The zero-order chi connectivity index (χ0) is 12.3. The van der Waals surface area contributed by atoms with E-state index in [1.165, 1.54) is 24.3 Å². The number of aromatic nitrogens is 2. The van der Waals surface area contributed by atoms with Crippen molar-refractivity contribution in [2.24, 2.45) is 0 Å². The number of carbonyl (C=O) groups is 1. The second kappa shape index (κ2) is 6.23. The highest BCUT2D eigenvalue weighted by Crippen LogP contribution is 2.22. The fourth-order valence-electron chi connectivity index (χ4n) is 1.33. The van der Waals surface area contributed by atoms with Gasteiger partial charge in [0, 0.05) is 17.4 Å². The van der Waals surface area contributed by atoms with E-state index >= 15 is 0 Å². The number of aromatic amines is 1. The van der Waals surface area contributed by atoms with Crippen molar-refractivity contribution in [3.63, 3.8) is 0 Å². The number of benzene rings is 1. The van der Waals surface area contributed by atoms with E-state index in [-0.39, 0.29) is 29.5 Å². The summed E-state index contributed by atoms with van der Waals surface area (Å²) in [6, 6.07) is 4.36. The number of phenolic OH excluding ortho intramolecular Hbond substituents is 1. The van der Waals surface area contributed by atoms with Crippen molar-refractivity contribution in [3.05, 3.63) is 53.1 Å². The molecule has 1 heterocycles. The van der Waals surface area contributed by atoms with Crippen LogP contribution in [0.5, 0.6) is 5.75 Å². The second-order valence-corrected chi connectivity index (χ2v) is 3.77. The van der Waals surface area contributed by atoms with E-state index in [1.54, 1.807) is 18.5 Å². The van der Waals surface area contributed by atoms with E-state index in [4.69, 9.17) is 11.6 Å². The molecule has 0 saturated heterocycles. The first-order valence-electron chi connectivity index (χ1n) is 4.87. The SMILES string of the molecule is Cl.O=C(C=Cc1ncc[nH]1)c1ccc(Cl)cc1O. The van der Waals surface area contributed by atoms with Gasteiger partial charge in [-0.2, -0.15) is 0 Å². The fraction of sp³-hybridized carbons (Fsp3) is 0. The third-order valence-electron chi connectivity index (χ3n) is 2.14. The Morgan fingerprint density at radius 2 is 2.22 bits per heavy atom. The molecular formula is C12H10Cl2N2O2. The van der Waals surface area contributed by atoms with Crippen LogP contribution in [0, 0.1) is 0 Å². The maximum absolute atomic E-state index is 11.7. The van der Waals surface area contributed by atoms with Crippen LogP contribution in [0.4, 0.5) is 0 Å². The van der Waals surface area contributed by atoms with Crippen LogP contribution in [0.25, 0.3) is 6.08 Å². The number of allylic oxidation sites excluding steroid dienone is 1. The molecule has 2 N–H and O–H groups in total. The zero-order valence-electron chi connectivity index (χ0n) is 9.13. The van der Waals surface area contributed by atoms with Crippen molar-refractivity contribution in [1.82, 2.24) is 9.97 Å². The minimum atomic E-state index is -0.310. The number of imidazole rings is 1. The van der Waals surface area contributed by atoms with Gasteiger partial charge in [-0.05, 0) is 30.4 Å². The van der Waals surface area contributed by atoms with Gasteiger partial charge in [0.1, 0.15) is 11.6 Å². The second-order valence-electron chi connectivity index (χ2n) is 3.33. The van der Waals surface area contributed by atoms with Crippen molar-refractivity contribution in [2.45, 2.75) is 0 Å². The summed E-state index contributed by atoms with van der Waals surface area (Å²) < 4.78 is 0. The molecule has 0 atom stereocenters. The first-order valence-corrected chi connectivity index (χ1v) is 5.25. The third-order valence-corrected chi connectivity index (χ3v) is 2.37. The smallest absolute Gasteiger partial charge is 0.189 e. The molecule has 4 nitrogen and oxygen atoms in total. The van der Waals surface area contributed by atoms with Gasteiger partial charge in [0.25, 0.3) is 0 Å². The van der Waals surface area contributed by atoms with Crippen LogP contribution in [0.3, 0.4) is 0 Å². The summed E-state index contributed by atoms with van der Waals surface area (Å²) in [6.07, 6.45) is 6.12. The average molecular weight is 285 g/mol. The van der Waals surface area contributed by atoms with Crippen molar-refractivity contribution in [3.8, 4) is 5.75 Å². The van der Waals surface area contributed by atoms with Crippen LogP contribution in [0.2, 0.25) is 5.02 Å². The van der Waals surface area contributed by atoms with Gasteiger partial charge in [-0.1, -0.05) is 11.6 Å². The van der Waals surface area contributed by atoms with Crippen LogP contribution in [-0.2, 0) is 0 Å². The Labute approximate surface area is 115 Å². The zero-order valence-corrected chi connectivity index (χ0v) is 10.7. The molecule has 0 aliphatic heterocycles. The molecule has 0 aliphatic carbocycles. The van der Waals surface area contributed by atoms with Gasteiger partial charge in [0.15, 0.2) is 5.78 Å². The number of halogens is 2. The molecule has 2 aromatic rings. The van der Waals surface area contributed by atoms with Gasteiger partial charge >= 0.3 is 0 Å². The third kappa shape index (κ3) is 3.35. The number of nitrogens with one attached hydrogen (secondary N) is 1. The van der Waals surface area contributed by atoms with Gasteiger partial charge < -0.3 is 10.1 Å². The molecule has 0 spiro atoms. The number of aromatic hydroxyl groups is 1. The van der Waals surface area contributed by atoms with E-state index in [1.807, 2.05) is 0 Å². The molecule has 0 fully saturated rings. The van der Waals surface area contributed by atoms with Gasteiger partial charge in [-0.3, -0.25) is 4.79 Å². The van der Waals surface area contributed by atoms with Gasteiger partial charge in [0.05, 0.1) is 5.56 Å². The number of phenols is 1. The molecule has 1 aromatic carbocycles. The molecule has 1 aromatic heterocycles. The molecule has 2 rings (SSSR count). The molecule has 18 heavy (non-hydrogen) atoms. The van der Waals surface area contributed by atoms with E-state index in [0.717, 1.165) is 0 Å². The topological polar surface area (TPSA) is 66.0 Å². The molecule has 0 amide bonds. The molecule has 94 valence electrons. The average Bonchev–Trinajstić information content (AvgIpc) is 2.78. The van der Waals surface area contributed by atoms with Crippen LogP contribution in [-0.4, -0.2) is 20.9 Å². The van der Waals surface area contributed by atoms with Crippen molar-refractivity contribution in [1.29, 1.82) is 0 Å². The molecule has 6 heteroatoms. The Kier molecular flexibility index (Phi) is 4.95. The number of hydrogen-bond acceptors (Lipinski definition) is 3. The lowest BCUT2D eigenvalue weighted by molar-refractivity contribution is 0.104. The first kappa shape index (κ1) is 14.3. The standard InChI is InChI=1S/C12H9ClN2O2.ClH/c13-8-1-2-9(11(17)7-8)10(16)3-4-12-14-5-6-15-12;/h1-7,17H,(H,14,15);1H. The van der Waals surface area contributed by atoms with Crippen LogP contribution >= 0.6 is 24.0 Å². The summed E-state index contributed by atoms with van der Waals surface area (Å²) in [4.78, 5) is 18.5. The molecule has 0 radical (unpaired) electrons. The van der Waals surface area contributed by atoms with E-state index < -0.39 is 0 Å². The van der Waals surface area contributed by atoms with Gasteiger partial charge in [-0.15, -0.1) is 12.4 Å². The lowest BCUT2D eigenvalue weighted by atomic mass is 10.1. The van der Waals surface area contributed by atoms with Crippen molar-refractivity contribution >= 4 is 35.9 Å². The minimum absolute atomic E-state index is 0. The summed E-state index contributed by atoms with van der Waals surface area (Å²) in [7, 11) is 0. The molecule has 0 saturated carbocycles. The molecular weight excluding hydrogens is 275 g/mol. The van der Waals surface area contributed by atoms with E-state index in [0.29, 0.717) is 10.8 Å². The summed E-state index contributed by atoms with van der Waals surface area (Å²) in [5, 5.41) is 9.94. The number of nitrogens with zero attached hydrogens (tertiary/aromatic N) is 1. The summed E-state index contributed by atoms with van der Waals surface area (Å²) in [5.74, 6) is 0.133. The minimum Gasteiger partial charge on any atom is -0.507 e. The Morgan fingerprint density at radius 1 is 1.44 bits per heavy atom. The van der Waals surface area contributed by atoms with Gasteiger partial charge in [-0.25, -0.2) is 4.98 Å². The number of carbonyl (C=O) groups excluding carboxylic acids is 1. The summed E-state index contributed by atoms with van der Waals surface area (Å²) in [5.41, 5.74) is 0.206. The predicted molar refractivity (Wildman–Crippen MR) is 72.3 cm³/mol. The maximum atomic E-state index is 11.7. The Bertz CT molecular complexity index is 565. The number of rotatable bonds is 3. The van der Waals surface area contributed by atoms with E-state index in [9.17, 15) is 9.90 Å². The highest BCUT2D eigenvalue weighted by molar-refractivity contribution is 6.31. The Balaban J connectivity index is 0.00000162. The summed E-state index contributed by atoms with van der Waals surface area (Å²) in [6.45, 7) is 0. The highest BCUT2D eigenvalue weighted by Gasteiger charge is 2.08. The van der Waals surface area contributed by atoms with Crippen LogP contribution in [0.1, 0.15) is 16.2 Å². The van der Waals surface area contributed by atoms with E-state index in [2.05, 4.69) is 9.97 Å². The van der Waals surface area contributed by atoms with Crippen molar-refractivity contribution < 1.29 is 9.90 Å². The quantitative estimate of drug-likeness (QED) is 0.672. The Hall–Kier alpha value is -1.78. The van der Waals surface area contributed by atoms with Crippen LogP contribution < -0.4 is 0 Å².